The van der Waals surface area contributed by atoms with E-state index in [-0.39, 0.29) is 5.91 Å². The Labute approximate surface area is 159 Å². The zero-order valence-corrected chi connectivity index (χ0v) is 15.7. The third-order valence-electron chi connectivity index (χ3n) is 5.19. The minimum Gasteiger partial charge on any atom is -0.378 e. The first-order valence-electron chi connectivity index (χ1n) is 9.45. The first kappa shape index (κ1) is 17.6. The fraction of sp³-hybridized carbons (Fsp3) is 0.318. The summed E-state index contributed by atoms with van der Waals surface area (Å²) in [4.78, 5) is 17.1. The second-order valence-electron chi connectivity index (χ2n) is 6.91. The summed E-state index contributed by atoms with van der Waals surface area (Å²) in [7, 11) is 1.88. The molecule has 0 spiro atoms. The molecule has 1 amide bonds. The van der Waals surface area contributed by atoms with Crippen molar-refractivity contribution in [3.8, 4) is 0 Å². The Hall–Kier alpha value is -2.79. The molecule has 4 rings (SSSR count). The van der Waals surface area contributed by atoms with Gasteiger partial charge in [-0.2, -0.15) is 0 Å². The minimum absolute atomic E-state index is 0.0635. The van der Waals surface area contributed by atoms with Gasteiger partial charge in [0.1, 0.15) is 0 Å². The number of morpholine rings is 1. The van der Waals surface area contributed by atoms with Crippen molar-refractivity contribution < 1.29 is 9.53 Å². The lowest BCUT2D eigenvalue weighted by Gasteiger charge is -2.31. The molecule has 2 aromatic carbocycles. The van der Waals surface area contributed by atoms with Crippen molar-refractivity contribution in [2.45, 2.75) is 6.54 Å². The molecule has 0 N–H and O–H groups in total. The summed E-state index contributed by atoms with van der Waals surface area (Å²) in [6, 6.07) is 18.3. The van der Waals surface area contributed by atoms with Gasteiger partial charge in [-0.1, -0.05) is 30.3 Å². The first-order valence-corrected chi connectivity index (χ1v) is 9.45. The molecule has 0 unspecified atom stereocenters. The average molecular weight is 363 g/mol. The molecular formula is C22H25N3O2. The Bertz CT molecular complexity index is 928. The normalized spacial score (nSPS) is 14.5. The Morgan fingerprint density at radius 1 is 1.04 bits per heavy atom. The number of anilines is 1. The molecule has 0 atom stereocenters. The van der Waals surface area contributed by atoms with Crippen LogP contribution in [-0.4, -0.2) is 55.3 Å². The number of fused-ring (bicyclic) bond motifs is 1. The van der Waals surface area contributed by atoms with E-state index in [9.17, 15) is 4.79 Å². The van der Waals surface area contributed by atoms with Gasteiger partial charge in [-0.3, -0.25) is 4.79 Å². The number of nitrogens with zero attached hydrogens (tertiary/aromatic N) is 3. The number of benzene rings is 2. The smallest absolute Gasteiger partial charge is 0.255 e. The quantitative estimate of drug-likeness (QED) is 0.698. The molecule has 0 bridgehead atoms. The molecule has 2 heterocycles. The molecular weight excluding hydrogens is 338 g/mol. The summed E-state index contributed by atoms with van der Waals surface area (Å²) in [5, 5.41) is 1.23. The van der Waals surface area contributed by atoms with Gasteiger partial charge in [0.25, 0.3) is 5.91 Å². The molecule has 1 fully saturated rings. The summed E-state index contributed by atoms with van der Waals surface area (Å²) >= 11 is 0. The van der Waals surface area contributed by atoms with E-state index in [1.54, 1.807) is 0 Å². The predicted molar refractivity (Wildman–Crippen MR) is 108 cm³/mol. The van der Waals surface area contributed by atoms with E-state index in [2.05, 4.69) is 33.9 Å². The van der Waals surface area contributed by atoms with Crippen LogP contribution in [0.4, 0.5) is 5.69 Å². The van der Waals surface area contributed by atoms with Crippen molar-refractivity contribution in [1.29, 1.82) is 0 Å². The Kier molecular flexibility index (Phi) is 5.12. The van der Waals surface area contributed by atoms with Crippen LogP contribution in [-0.2, 0) is 11.3 Å². The predicted octanol–water partition coefficient (Wildman–Crippen LogP) is 3.25. The third-order valence-corrected chi connectivity index (χ3v) is 5.19. The fourth-order valence-electron chi connectivity index (χ4n) is 3.63. The van der Waals surface area contributed by atoms with Crippen molar-refractivity contribution in [3.63, 3.8) is 0 Å². The number of likely N-dealkylation sites (N-methyl/N-ethyl adjacent to an activating group) is 1. The highest BCUT2D eigenvalue weighted by Gasteiger charge is 2.20. The molecule has 1 aromatic heterocycles. The molecule has 27 heavy (non-hydrogen) atoms. The van der Waals surface area contributed by atoms with Crippen LogP contribution < -0.4 is 4.90 Å². The Balaban J connectivity index is 1.48. The van der Waals surface area contributed by atoms with Gasteiger partial charge in [-0.25, -0.2) is 0 Å². The standard InChI is InChI=1S/C22H25N3O2/c1-23(12-13-24-11-10-18-6-2-4-8-20(18)24)22(26)19-7-3-5-9-21(19)25-14-16-27-17-15-25/h2-11H,12-17H2,1H3. The lowest BCUT2D eigenvalue weighted by molar-refractivity contribution is 0.0790. The van der Waals surface area contributed by atoms with E-state index in [0.29, 0.717) is 19.8 Å². The largest absolute Gasteiger partial charge is 0.378 e. The van der Waals surface area contributed by atoms with E-state index < -0.39 is 0 Å². The van der Waals surface area contributed by atoms with Crippen LogP contribution in [0.25, 0.3) is 10.9 Å². The van der Waals surface area contributed by atoms with Crippen molar-refractivity contribution in [1.82, 2.24) is 9.47 Å². The number of ether oxygens (including phenoxy) is 1. The van der Waals surface area contributed by atoms with Crippen LogP contribution in [0, 0.1) is 0 Å². The van der Waals surface area contributed by atoms with Gasteiger partial charge in [-0.05, 0) is 29.7 Å². The highest BCUT2D eigenvalue weighted by Crippen LogP contribution is 2.23. The number of para-hydroxylation sites is 2. The molecule has 1 saturated heterocycles. The maximum atomic E-state index is 13.1. The number of carbonyl (C=O) groups excluding carboxylic acids is 1. The average Bonchev–Trinajstić information content (AvgIpc) is 3.15. The van der Waals surface area contributed by atoms with Crippen molar-refractivity contribution in [2.75, 3.05) is 44.8 Å². The molecule has 5 heteroatoms. The summed E-state index contributed by atoms with van der Waals surface area (Å²) in [5.41, 5.74) is 2.97. The Morgan fingerprint density at radius 3 is 2.63 bits per heavy atom. The molecule has 1 aliphatic rings. The number of amides is 1. The third kappa shape index (κ3) is 3.69. The minimum atomic E-state index is 0.0635. The van der Waals surface area contributed by atoms with Crippen LogP contribution in [0.15, 0.2) is 60.8 Å². The summed E-state index contributed by atoms with van der Waals surface area (Å²) in [6.07, 6.45) is 2.09. The van der Waals surface area contributed by atoms with Crippen LogP contribution in [0.1, 0.15) is 10.4 Å². The van der Waals surface area contributed by atoms with E-state index >= 15 is 0 Å². The van der Waals surface area contributed by atoms with Crippen LogP contribution in [0.5, 0.6) is 0 Å². The highest BCUT2D eigenvalue weighted by atomic mass is 16.5. The van der Waals surface area contributed by atoms with Crippen LogP contribution in [0.3, 0.4) is 0 Å². The molecule has 140 valence electrons. The maximum absolute atomic E-state index is 13.1. The number of hydrogen-bond donors (Lipinski definition) is 0. The zero-order valence-electron chi connectivity index (χ0n) is 15.7. The molecule has 3 aromatic rings. The van der Waals surface area contributed by atoms with Gasteiger partial charge in [0, 0.05) is 50.6 Å². The molecule has 1 aliphatic heterocycles. The van der Waals surface area contributed by atoms with E-state index in [1.807, 2.05) is 48.3 Å². The van der Waals surface area contributed by atoms with E-state index in [4.69, 9.17) is 4.74 Å². The SMILES string of the molecule is CN(CCn1ccc2ccccc21)C(=O)c1ccccc1N1CCOCC1. The van der Waals surface area contributed by atoms with Gasteiger partial charge < -0.3 is 19.1 Å². The number of rotatable bonds is 5. The zero-order chi connectivity index (χ0) is 18.6. The summed E-state index contributed by atoms with van der Waals surface area (Å²) < 4.78 is 7.65. The van der Waals surface area contributed by atoms with Crippen LogP contribution in [0.2, 0.25) is 0 Å². The van der Waals surface area contributed by atoms with Crippen molar-refractivity contribution in [3.05, 3.63) is 66.4 Å². The maximum Gasteiger partial charge on any atom is 0.255 e. The van der Waals surface area contributed by atoms with E-state index in [0.717, 1.165) is 30.9 Å². The van der Waals surface area contributed by atoms with E-state index in [1.165, 1.54) is 10.9 Å². The first-order chi connectivity index (χ1) is 13.2. The Morgan fingerprint density at radius 2 is 1.78 bits per heavy atom. The number of aromatic nitrogens is 1. The van der Waals surface area contributed by atoms with Gasteiger partial charge in [0.15, 0.2) is 0 Å². The molecule has 0 saturated carbocycles. The second kappa shape index (κ2) is 7.84. The van der Waals surface area contributed by atoms with Gasteiger partial charge in [-0.15, -0.1) is 0 Å². The number of carbonyl (C=O) groups is 1. The van der Waals surface area contributed by atoms with Crippen molar-refractivity contribution >= 4 is 22.5 Å². The summed E-state index contributed by atoms with van der Waals surface area (Å²) in [6.45, 7) is 4.50. The lowest BCUT2D eigenvalue weighted by atomic mass is 10.1. The van der Waals surface area contributed by atoms with Crippen molar-refractivity contribution in [2.24, 2.45) is 0 Å². The van der Waals surface area contributed by atoms with Gasteiger partial charge in [0.05, 0.1) is 18.8 Å². The fourth-order valence-corrected chi connectivity index (χ4v) is 3.63. The lowest BCUT2D eigenvalue weighted by Crippen LogP contribution is -2.38. The van der Waals surface area contributed by atoms with Gasteiger partial charge >= 0.3 is 0 Å². The van der Waals surface area contributed by atoms with Crippen LogP contribution >= 0.6 is 0 Å². The highest BCUT2D eigenvalue weighted by molar-refractivity contribution is 5.99. The monoisotopic (exact) mass is 363 g/mol. The second-order valence-corrected chi connectivity index (χ2v) is 6.91. The molecule has 0 radical (unpaired) electrons. The molecule has 0 aliphatic carbocycles. The summed E-state index contributed by atoms with van der Waals surface area (Å²) in [5.74, 6) is 0.0635. The van der Waals surface area contributed by atoms with Gasteiger partial charge in [0.2, 0.25) is 0 Å². The molecule has 5 nitrogen and oxygen atoms in total. The number of hydrogen-bond acceptors (Lipinski definition) is 3. The topological polar surface area (TPSA) is 37.7 Å².